The van der Waals surface area contributed by atoms with Crippen LogP contribution in [0.5, 0.6) is 0 Å². The summed E-state index contributed by atoms with van der Waals surface area (Å²) in [5, 5.41) is 4.61. The molecule has 0 atom stereocenters. The number of fused-ring (bicyclic) bond motifs is 6. The van der Waals surface area contributed by atoms with E-state index in [0.717, 1.165) is 38.7 Å². The number of furan rings is 1. The second kappa shape index (κ2) is 12.4. The van der Waals surface area contributed by atoms with Gasteiger partial charge in [-0.2, -0.15) is 4.57 Å². The Morgan fingerprint density at radius 3 is 1.83 bits per heavy atom. The molecule has 9 aromatic rings. The van der Waals surface area contributed by atoms with E-state index in [-0.39, 0.29) is 11.8 Å². The first-order chi connectivity index (χ1) is 25.3. The highest BCUT2D eigenvalue weighted by Crippen LogP contribution is 2.44. The second-order valence-electron chi connectivity index (χ2n) is 14.9. The molecule has 3 heteroatoms. The van der Waals surface area contributed by atoms with Gasteiger partial charge in [0.15, 0.2) is 16.6 Å². The molecule has 0 saturated heterocycles. The van der Waals surface area contributed by atoms with Crippen LogP contribution in [0.2, 0.25) is 0 Å². The zero-order valence-electron chi connectivity index (χ0n) is 30.7. The van der Waals surface area contributed by atoms with Crippen molar-refractivity contribution in [2.75, 3.05) is 0 Å². The van der Waals surface area contributed by atoms with Crippen molar-refractivity contribution in [1.29, 1.82) is 0 Å². The Morgan fingerprint density at radius 1 is 0.538 bits per heavy atom. The van der Waals surface area contributed by atoms with E-state index < -0.39 is 0 Å². The number of hydrogen-bond acceptors (Lipinski definition) is 1. The van der Waals surface area contributed by atoms with Gasteiger partial charge in [-0.05, 0) is 82.3 Å². The SMILES string of the molecule is Cc1ccc2c(oc3c4ccccc4ccc23)c1-c1n(-c2c(C(C)C)cc(-c3ccc(-c4ccccc4)cc3)cc2C(C)C)c2ccccc2[n+]1C. The summed E-state index contributed by atoms with van der Waals surface area (Å²) in [4.78, 5) is 0. The molecule has 9 rings (SSSR count). The van der Waals surface area contributed by atoms with Crippen LogP contribution in [0.3, 0.4) is 0 Å². The molecule has 0 spiro atoms. The van der Waals surface area contributed by atoms with E-state index in [1.165, 1.54) is 61.1 Å². The summed E-state index contributed by atoms with van der Waals surface area (Å²) in [5.74, 6) is 1.69. The number of aromatic nitrogens is 2. The van der Waals surface area contributed by atoms with Crippen molar-refractivity contribution in [2.24, 2.45) is 7.05 Å². The zero-order chi connectivity index (χ0) is 35.7. The summed E-state index contributed by atoms with van der Waals surface area (Å²) in [7, 11) is 2.21. The zero-order valence-corrected chi connectivity index (χ0v) is 30.7. The van der Waals surface area contributed by atoms with Gasteiger partial charge in [-0.1, -0.05) is 137 Å². The average molecular weight is 676 g/mol. The molecule has 0 radical (unpaired) electrons. The highest BCUT2D eigenvalue weighted by atomic mass is 16.3. The fourth-order valence-corrected chi connectivity index (χ4v) is 8.24. The number of rotatable bonds is 6. The molecule has 52 heavy (non-hydrogen) atoms. The lowest BCUT2D eigenvalue weighted by molar-refractivity contribution is -0.633. The van der Waals surface area contributed by atoms with Crippen LogP contribution in [0.15, 0.2) is 144 Å². The van der Waals surface area contributed by atoms with Gasteiger partial charge in [-0.25, -0.2) is 4.57 Å². The number of para-hydroxylation sites is 2. The summed E-state index contributed by atoms with van der Waals surface area (Å²) in [5.41, 5.74) is 15.4. The molecule has 254 valence electrons. The van der Waals surface area contributed by atoms with Gasteiger partial charge in [0.25, 0.3) is 5.82 Å². The summed E-state index contributed by atoms with van der Waals surface area (Å²) in [6.45, 7) is 11.5. The minimum atomic E-state index is 0.282. The van der Waals surface area contributed by atoms with Crippen LogP contribution in [-0.2, 0) is 7.05 Å². The second-order valence-corrected chi connectivity index (χ2v) is 14.9. The number of hydrogen-bond donors (Lipinski definition) is 0. The minimum Gasteiger partial charge on any atom is -0.454 e. The van der Waals surface area contributed by atoms with Crippen LogP contribution in [0.1, 0.15) is 56.2 Å². The molecule has 0 aliphatic rings. The largest absolute Gasteiger partial charge is 0.454 e. The Labute approximate surface area is 305 Å². The fraction of sp³-hybridized carbons (Fsp3) is 0.163. The summed E-state index contributed by atoms with van der Waals surface area (Å²) in [6, 6.07) is 50.8. The van der Waals surface area contributed by atoms with Crippen molar-refractivity contribution >= 4 is 43.7 Å². The average Bonchev–Trinajstić information content (AvgIpc) is 3.69. The van der Waals surface area contributed by atoms with Gasteiger partial charge in [0.05, 0.1) is 7.05 Å². The topological polar surface area (TPSA) is 21.9 Å². The third-order valence-electron chi connectivity index (χ3n) is 10.9. The third kappa shape index (κ3) is 4.98. The van der Waals surface area contributed by atoms with E-state index in [1.807, 2.05) is 0 Å². The van der Waals surface area contributed by atoms with Crippen molar-refractivity contribution in [1.82, 2.24) is 4.57 Å². The predicted molar refractivity (Wildman–Crippen MR) is 218 cm³/mol. The van der Waals surface area contributed by atoms with Gasteiger partial charge in [0.1, 0.15) is 16.8 Å². The summed E-state index contributed by atoms with van der Waals surface area (Å²) < 4.78 is 11.9. The van der Waals surface area contributed by atoms with Gasteiger partial charge < -0.3 is 4.42 Å². The van der Waals surface area contributed by atoms with Crippen LogP contribution < -0.4 is 4.57 Å². The molecule has 0 unspecified atom stereocenters. The van der Waals surface area contributed by atoms with Gasteiger partial charge in [-0.3, -0.25) is 0 Å². The van der Waals surface area contributed by atoms with E-state index in [2.05, 4.69) is 190 Å². The lowest BCUT2D eigenvalue weighted by Gasteiger charge is -2.21. The highest BCUT2D eigenvalue weighted by Gasteiger charge is 2.34. The lowest BCUT2D eigenvalue weighted by atomic mass is 9.87. The van der Waals surface area contributed by atoms with E-state index in [4.69, 9.17) is 4.42 Å². The van der Waals surface area contributed by atoms with Gasteiger partial charge >= 0.3 is 0 Å². The van der Waals surface area contributed by atoms with E-state index in [1.54, 1.807) is 0 Å². The molecular formula is C49H43N2O+. The van der Waals surface area contributed by atoms with Gasteiger partial charge in [0.2, 0.25) is 0 Å². The molecule has 2 heterocycles. The molecule has 2 aromatic heterocycles. The van der Waals surface area contributed by atoms with Crippen molar-refractivity contribution in [3.05, 3.63) is 156 Å². The molecule has 0 aliphatic carbocycles. The Morgan fingerprint density at radius 2 is 1.12 bits per heavy atom. The standard InChI is InChI=1S/C49H43N2O/c1-30(2)41-28-37(35-23-21-34(22-24-35)33-14-8-7-9-15-33)29-42(31(3)4)46(41)51-44-19-13-12-18-43(44)50(6)49(51)45-32(5)20-26-40-39-27-25-36-16-10-11-17-38(36)47(39)52-48(40)45/h7-31H,1-6H3/q+1. The Kier molecular flexibility index (Phi) is 7.62. The number of benzene rings is 7. The first-order valence-electron chi connectivity index (χ1n) is 18.5. The van der Waals surface area contributed by atoms with Crippen molar-refractivity contribution < 1.29 is 8.98 Å². The van der Waals surface area contributed by atoms with Crippen LogP contribution in [0.25, 0.3) is 83.1 Å². The van der Waals surface area contributed by atoms with Gasteiger partial charge in [0, 0.05) is 27.3 Å². The molecule has 7 aromatic carbocycles. The lowest BCUT2D eigenvalue weighted by Crippen LogP contribution is -2.30. The summed E-state index contributed by atoms with van der Waals surface area (Å²) in [6.07, 6.45) is 0. The molecule has 3 nitrogen and oxygen atoms in total. The maximum atomic E-state index is 7.02. The van der Waals surface area contributed by atoms with Crippen LogP contribution in [0.4, 0.5) is 0 Å². The molecule has 0 amide bonds. The number of nitrogens with zero attached hydrogens (tertiary/aromatic N) is 2. The smallest absolute Gasteiger partial charge is 0.299 e. The third-order valence-corrected chi connectivity index (χ3v) is 10.9. The van der Waals surface area contributed by atoms with Crippen LogP contribution >= 0.6 is 0 Å². The predicted octanol–water partition coefficient (Wildman–Crippen LogP) is 13.1. The first-order valence-corrected chi connectivity index (χ1v) is 18.5. The number of aryl methyl sites for hydroxylation is 2. The normalized spacial score (nSPS) is 12.0. The maximum absolute atomic E-state index is 7.02. The Bertz CT molecular complexity index is 2770. The number of imidazole rings is 1. The van der Waals surface area contributed by atoms with E-state index in [0.29, 0.717) is 0 Å². The van der Waals surface area contributed by atoms with Crippen molar-refractivity contribution in [3.63, 3.8) is 0 Å². The first kappa shape index (κ1) is 32.0. The van der Waals surface area contributed by atoms with Crippen LogP contribution in [0, 0.1) is 6.92 Å². The van der Waals surface area contributed by atoms with E-state index in [9.17, 15) is 0 Å². The molecular weight excluding hydrogens is 633 g/mol. The quantitative estimate of drug-likeness (QED) is 0.161. The minimum absolute atomic E-state index is 0.282. The monoisotopic (exact) mass is 675 g/mol. The Hall–Kier alpha value is -5.93. The molecule has 0 saturated carbocycles. The fourth-order valence-electron chi connectivity index (χ4n) is 8.24. The molecule has 0 bridgehead atoms. The van der Waals surface area contributed by atoms with E-state index >= 15 is 0 Å². The molecule has 0 N–H and O–H groups in total. The maximum Gasteiger partial charge on any atom is 0.299 e. The highest BCUT2D eigenvalue weighted by molar-refractivity contribution is 6.17. The molecule has 0 aliphatic heterocycles. The Balaban J connectivity index is 1.33. The van der Waals surface area contributed by atoms with Crippen LogP contribution in [-0.4, -0.2) is 4.57 Å². The van der Waals surface area contributed by atoms with Crippen molar-refractivity contribution in [3.8, 4) is 39.3 Å². The summed E-state index contributed by atoms with van der Waals surface area (Å²) >= 11 is 0. The van der Waals surface area contributed by atoms with Gasteiger partial charge in [-0.15, -0.1) is 0 Å². The van der Waals surface area contributed by atoms with Crippen molar-refractivity contribution in [2.45, 2.75) is 46.5 Å². The molecule has 0 fully saturated rings.